The van der Waals surface area contributed by atoms with Crippen molar-refractivity contribution in [1.82, 2.24) is 10.2 Å². The number of rotatable bonds is 6. The molecule has 0 rings (SSSR count). The molecule has 1 atom stereocenters. The van der Waals surface area contributed by atoms with E-state index >= 15 is 0 Å². The first kappa shape index (κ1) is 15.3. The maximum atomic E-state index is 12.3. The molecule has 0 saturated heterocycles. The van der Waals surface area contributed by atoms with Crippen molar-refractivity contribution < 1.29 is 13.2 Å². The van der Waals surface area contributed by atoms with Gasteiger partial charge in [-0.1, -0.05) is 5.92 Å². The van der Waals surface area contributed by atoms with Gasteiger partial charge < -0.3 is 5.32 Å². The molecule has 5 heteroatoms. The topological polar surface area (TPSA) is 15.3 Å². The predicted octanol–water partition coefficient (Wildman–Crippen LogP) is 1.87. The van der Waals surface area contributed by atoms with E-state index in [1.54, 1.807) is 20.8 Å². The molecule has 0 bridgehead atoms. The number of alkyl halides is 3. The van der Waals surface area contributed by atoms with E-state index in [9.17, 15) is 13.2 Å². The summed E-state index contributed by atoms with van der Waals surface area (Å²) in [6.07, 6.45) is 0.884. The van der Waals surface area contributed by atoms with Crippen molar-refractivity contribution in [1.29, 1.82) is 0 Å². The maximum Gasteiger partial charge on any atom is 0.401 e. The second-order valence-electron chi connectivity index (χ2n) is 4.07. The third-order valence-corrected chi connectivity index (χ3v) is 2.26. The Bertz CT molecular complexity index is 230. The smallest absolute Gasteiger partial charge is 0.305 e. The standard InChI is InChI=1S/C11H19F3N2/c1-5-6-15-7-10(4)16(9(2)3)8-11(12,13)14/h1,9-10,15H,6-8H2,2-4H3. The molecule has 2 nitrogen and oxygen atoms in total. The predicted molar refractivity (Wildman–Crippen MR) is 59.1 cm³/mol. The van der Waals surface area contributed by atoms with E-state index < -0.39 is 12.7 Å². The second kappa shape index (κ2) is 6.77. The molecule has 0 aromatic rings. The maximum absolute atomic E-state index is 12.3. The highest BCUT2D eigenvalue weighted by molar-refractivity contribution is 4.87. The van der Waals surface area contributed by atoms with Crippen LogP contribution in [0.15, 0.2) is 0 Å². The van der Waals surface area contributed by atoms with Crippen molar-refractivity contribution in [2.75, 3.05) is 19.6 Å². The Morgan fingerprint density at radius 1 is 1.31 bits per heavy atom. The number of hydrogen-bond acceptors (Lipinski definition) is 2. The van der Waals surface area contributed by atoms with Gasteiger partial charge in [-0.2, -0.15) is 13.2 Å². The minimum absolute atomic E-state index is 0.149. The van der Waals surface area contributed by atoms with Crippen molar-refractivity contribution in [3.63, 3.8) is 0 Å². The lowest BCUT2D eigenvalue weighted by Gasteiger charge is -2.33. The Labute approximate surface area is 95.2 Å². The number of terminal acetylenes is 1. The highest BCUT2D eigenvalue weighted by Gasteiger charge is 2.33. The highest BCUT2D eigenvalue weighted by Crippen LogP contribution is 2.19. The van der Waals surface area contributed by atoms with E-state index in [1.165, 1.54) is 4.90 Å². The first-order valence-electron chi connectivity index (χ1n) is 5.24. The summed E-state index contributed by atoms with van der Waals surface area (Å²) in [6.45, 7) is 5.21. The van der Waals surface area contributed by atoms with Gasteiger partial charge in [0, 0.05) is 18.6 Å². The molecule has 0 aliphatic carbocycles. The van der Waals surface area contributed by atoms with Gasteiger partial charge in [-0.15, -0.1) is 6.42 Å². The Hall–Kier alpha value is -0.730. The van der Waals surface area contributed by atoms with Gasteiger partial charge >= 0.3 is 6.18 Å². The van der Waals surface area contributed by atoms with Crippen LogP contribution < -0.4 is 5.32 Å². The van der Waals surface area contributed by atoms with E-state index in [1.807, 2.05) is 0 Å². The molecule has 0 saturated carbocycles. The van der Waals surface area contributed by atoms with E-state index in [-0.39, 0.29) is 12.1 Å². The Morgan fingerprint density at radius 2 is 1.88 bits per heavy atom. The average molecular weight is 236 g/mol. The quantitative estimate of drug-likeness (QED) is 0.559. The van der Waals surface area contributed by atoms with Crippen molar-refractivity contribution >= 4 is 0 Å². The molecule has 0 aromatic heterocycles. The molecule has 0 aliphatic rings. The van der Waals surface area contributed by atoms with E-state index in [2.05, 4.69) is 11.2 Å². The summed E-state index contributed by atoms with van der Waals surface area (Å²) in [4.78, 5) is 1.41. The van der Waals surface area contributed by atoms with Gasteiger partial charge in [0.25, 0.3) is 0 Å². The van der Waals surface area contributed by atoms with E-state index in [4.69, 9.17) is 6.42 Å². The molecule has 16 heavy (non-hydrogen) atoms. The molecular weight excluding hydrogens is 217 g/mol. The van der Waals surface area contributed by atoms with Crippen molar-refractivity contribution in [2.45, 2.75) is 39.0 Å². The summed E-state index contributed by atoms with van der Waals surface area (Å²) in [5, 5.41) is 2.91. The lowest BCUT2D eigenvalue weighted by Crippen LogP contribution is -2.48. The van der Waals surface area contributed by atoms with Crippen LogP contribution in [0.4, 0.5) is 13.2 Å². The SMILES string of the molecule is C#CCNCC(C)N(CC(F)(F)F)C(C)C. The minimum atomic E-state index is -4.16. The van der Waals surface area contributed by atoms with Gasteiger partial charge in [0.1, 0.15) is 0 Å². The molecule has 0 fully saturated rings. The Kier molecular flexibility index (Phi) is 6.46. The van der Waals surface area contributed by atoms with Gasteiger partial charge in [0.05, 0.1) is 13.1 Å². The van der Waals surface area contributed by atoms with Crippen LogP contribution in [0.2, 0.25) is 0 Å². The fraction of sp³-hybridized carbons (Fsp3) is 0.818. The first-order chi connectivity index (χ1) is 7.28. The highest BCUT2D eigenvalue weighted by atomic mass is 19.4. The fourth-order valence-corrected chi connectivity index (χ4v) is 1.52. The third kappa shape index (κ3) is 6.70. The summed E-state index contributed by atoms with van der Waals surface area (Å²) in [7, 11) is 0. The van der Waals surface area contributed by atoms with Gasteiger partial charge in [-0.05, 0) is 20.8 Å². The molecule has 0 aliphatic heterocycles. The summed E-state index contributed by atoms with van der Waals surface area (Å²) < 4.78 is 37.0. The molecule has 94 valence electrons. The number of halogens is 3. The second-order valence-corrected chi connectivity index (χ2v) is 4.07. The summed E-state index contributed by atoms with van der Waals surface area (Å²) in [5.74, 6) is 2.39. The molecule has 0 heterocycles. The summed E-state index contributed by atoms with van der Waals surface area (Å²) >= 11 is 0. The average Bonchev–Trinajstić information content (AvgIpc) is 2.12. The van der Waals surface area contributed by atoms with E-state index in [0.29, 0.717) is 13.1 Å². The lowest BCUT2D eigenvalue weighted by atomic mass is 10.2. The van der Waals surface area contributed by atoms with Crippen LogP contribution in [0.5, 0.6) is 0 Å². The Balaban J connectivity index is 4.26. The molecule has 0 aromatic carbocycles. The molecule has 0 radical (unpaired) electrons. The molecular formula is C11H19F3N2. The van der Waals surface area contributed by atoms with Crippen LogP contribution in [0.25, 0.3) is 0 Å². The van der Waals surface area contributed by atoms with Crippen molar-refractivity contribution in [2.24, 2.45) is 0 Å². The van der Waals surface area contributed by atoms with Crippen LogP contribution in [-0.2, 0) is 0 Å². The fourth-order valence-electron chi connectivity index (χ4n) is 1.52. The number of nitrogens with one attached hydrogen (secondary N) is 1. The summed E-state index contributed by atoms with van der Waals surface area (Å²) in [5.41, 5.74) is 0. The molecule has 0 amide bonds. The van der Waals surface area contributed by atoms with Crippen molar-refractivity contribution in [3.8, 4) is 12.3 Å². The lowest BCUT2D eigenvalue weighted by molar-refractivity contribution is -0.154. The van der Waals surface area contributed by atoms with Crippen LogP contribution in [0.1, 0.15) is 20.8 Å². The molecule has 1 N–H and O–H groups in total. The van der Waals surface area contributed by atoms with Gasteiger partial charge in [-0.3, -0.25) is 4.90 Å². The third-order valence-electron chi connectivity index (χ3n) is 2.26. The largest absolute Gasteiger partial charge is 0.401 e. The van der Waals surface area contributed by atoms with Crippen LogP contribution in [0.3, 0.4) is 0 Å². The van der Waals surface area contributed by atoms with Crippen molar-refractivity contribution in [3.05, 3.63) is 0 Å². The van der Waals surface area contributed by atoms with Crippen LogP contribution in [0, 0.1) is 12.3 Å². The van der Waals surface area contributed by atoms with Crippen LogP contribution in [-0.4, -0.2) is 42.8 Å². The van der Waals surface area contributed by atoms with Crippen LogP contribution >= 0.6 is 0 Å². The molecule has 1 unspecified atom stereocenters. The monoisotopic (exact) mass is 236 g/mol. The Morgan fingerprint density at radius 3 is 2.25 bits per heavy atom. The molecule has 0 spiro atoms. The first-order valence-corrected chi connectivity index (χ1v) is 5.24. The zero-order valence-electron chi connectivity index (χ0n) is 9.93. The summed E-state index contributed by atoms with van der Waals surface area (Å²) in [6, 6.07) is -0.348. The van der Waals surface area contributed by atoms with E-state index in [0.717, 1.165) is 0 Å². The normalized spacial score (nSPS) is 14.2. The zero-order valence-corrected chi connectivity index (χ0v) is 9.93. The van der Waals surface area contributed by atoms with Gasteiger partial charge in [0.2, 0.25) is 0 Å². The zero-order chi connectivity index (χ0) is 12.8. The van der Waals surface area contributed by atoms with Gasteiger partial charge in [0.15, 0.2) is 0 Å². The minimum Gasteiger partial charge on any atom is -0.305 e. The van der Waals surface area contributed by atoms with Gasteiger partial charge in [-0.25, -0.2) is 0 Å². The number of hydrogen-bond donors (Lipinski definition) is 1. The number of nitrogens with zero attached hydrogens (tertiary/aromatic N) is 1.